The van der Waals surface area contributed by atoms with Crippen LogP contribution in [0.25, 0.3) is 0 Å². The molecule has 0 saturated carbocycles. The zero-order valence-electron chi connectivity index (χ0n) is 13.1. The topological polar surface area (TPSA) is 79.8 Å². The van der Waals surface area contributed by atoms with Crippen LogP contribution in [0.3, 0.4) is 0 Å². The van der Waals surface area contributed by atoms with Crippen molar-refractivity contribution in [2.75, 3.05) is 39.0 Å². The maximum Gasteiger partial charge on any atom is 0.228 e. The Hall–Kier alpha value is -1.51. The van der Waals surface area contributed by atoms with Crippen molar-refractivity contribution < 1.29 is 17.9 Å². The van der Waals surface area contributed by atoms with Gasteiger partial charge >= 0.3 is 0 Å². The summed E-state index contributed by atoms with van der Waals surface area (Å²) in [7, 11) is -3.23. The summed E-state index contributed by atoms with van der Waals surface area (Å²) >= 11 is 0. The number of rotatable bonds is 3. The molecule has 1 aromatic heterocycles. The average Bonchev–Trinajstić information content (AvgIpc) is 2.79. The lowest BCUT2D eigenvalue weighted by molar-refractivity contribution is -0.130. The highest BCUT2D eigenvalue weighted by atomic mass is 32.2. The van der Waals surface area contributed by atoms with Gasteiger partial charge in [-0.15, -0.1) is 0 Å². The number of carbonyl (C=O) groups is 1. The van der Waals surface area contributed by atoms with Crippen LogP contribution in [-0.2, 0) is 26.0 Å². The van der Waals surface area contributed by atoms with Crippen LogP contribution in [0, 0.1) is 5.92 Å². The number of pyridine rings is 1. The van der Waals surface area contributed by atoms with Gasteiger partial charge in [0.25, 0.3) is 0 Å². The number of sulfonamides is 1. The number of likely N-dealkylation sites (tertiary alicyclic amines) is 1. The first-order chi connectivity index (χ1) is 10.9. The van der Waals surface area contributed by atoms with Crippen LogP contribution in [-0.4, -0.2) is 73.7 Å². The molecule has 1 aromatic rings. The standard InChI is InChI=1S/C15H21N3O4S/c1-23(20,21)18-6-7-22-14-11-17(9-12(14)10-18)15(19)8-13-4-2-3-5-16-13/h2-5,12,14H,6-11H2,1H3/t12-,14-/m0/s1. The van der Waals surface area contributed by atoms with Gasteiger partial charge in [-0.3, -0.25) is 9.78 Å². The fourth-order valence-corrected chi connectivity index (χ4v) is 4.01. The Morgan fingerprint density at radius 1 is 1.35 bits per heavy atom. The van der Waals surface area contributed by atoms with Crippen molar-refractivity contribution in [1.82, 2.24) is 14.2 Å². The molecule has 3 rings (SSSR count). The zero-order valence-corrected chi connectivity index (χ0v) is 13.9. The summed E-state index contributed by atoms with van der Waals surface area (Å²) in [6, 6.07) is 5.50. The van der Waals surface area contributed by atoms with Crippen molar-refractivity contribution in [3.63, 3.8) is 0 Å². The molecule has 8 heteroatoms. The van der Waals surface area contributed by atoms with Gasteiger partial charge in [0, 0.05) is 44.0 Å². The summed E-state index contributed by atoms with van der Waals surface area (Å²) in [5.41, 5.74) is 0.739. The molecule has 2 fully saturated rings. The maximum atomic E-state index is 12.4. The third-order valence-corrected chi connectivity index (χ3v) is 5.64. The van der Waals surface area contributed by atoms with Crippen molar-refractivity contribution in [2.24, 2.45) is 5.92 Å². The maximum absolute atomic E-state index is 12.4. The third-order valence-electron chi connectivity index (χ3n) is 4.37. The van der Waals surface area contributed by atoms with E-state index in [4.69, 9.17) is 4.74 Å². The molecule has 2 aliphatic heterocycles. The van der Waals surface area contributed by atoms with E-state index >= 15 is 0 Å². The largest absolute Gasteiger partial charge is 0.375 e. The lowest BCUT2D eigenvalue weighted by Gasteiger charge is -2.21. The molecule has 23 heavy (non-hydrogen) atoms. The van der Waals surface area contributed by atoms with Gasteiger partial charge in [0.2, 0.25) is 15.9 Å². The second-order valence-corrected chi connectivity index (χ2v) is 8.07. The molecule has 2 aliphatic rings. The molecule has 2 saturated heterocycles. The molecule has 7 nitrogen and oxygen atoms in total. The van der Waals surface area contributed by atoms with Gasteiger partial charge in [-0.1, -0.05) is 6.07 Å². The number of amides is 1. The molecule has 0 unspecified atom stereocenters. The minimum Gasteiger partial charge on any atom is -0.375 e. The Morgan fingerprint density at radius 2 is 2.17 bits per heavy atom. The molecule has 0 aromatic carbocycles. The normalized spacial score (nSPS) is 25.9. The van der Waals surface area contributed by atoms with Crippen LogP contribution in [0.15, 0.2) is 24.4 Å². The summed E-state index contributed by atoms with van der Waals surface area (Å²) in [5, 5.41) is 0. The van der Waals surface area contributed by atoms with Crippen LogP contribution < -0.4 is 0 Å². The van der Waals surface area contributed by atoms with Crippen molar-refractivity contribution in [1.29, 1.82) is 0 Å². The minimum atomic E-state index is -3.23. The number of hydrogen-bond donors (Lipinski definition) is 0. The Labute approximate surface area is 136 Å². The first-order valence-corrected chi connectivity index (χ1v) is 9.53. The average molecular weight is 339 g/mol. The van der Waals surface area contributed by atoms with Crippen LogP contribution >= 0.6 is 0 Å². The van der Waals surface area contributed by atoms with Gasteiger partial charge < -0.3 is 9.64 Å². The molecular formula is C15H21N3O4S. The van der Waals surface area contributed by atoms with Crippen molar-refractivity contribution in [2.45, 2.75) is 12.5 Å². The minimum absolute atomic E-state index is 0.00581. The first-order valence-electron chi connectivity index (χ1n) is 7.68. The highest BCUT2D eigenvalue weighted by molar-refractivity contribution is 7.88. The van der Waals surface area contributed by atoms with E-state index < -0.39 is 10.0 Å². The summed E-state index contributed by atoms with van der Waals surface area (Å²) in [5.74, 6) is 0.0335. The first kappa shape index (κ1) is 16.4. The summed E-state index contributed by atoms with van der Waals surface area (Å²) in [6.07, 6.45) is 3.06. The Kier molecular flexibility index (Phi) is 4.65. The lowest BCUT2D eigenvalue weighted by Crippen LogP contribution is -2.37. The quantitative estimate of drug-likeness (QED) is 0.758. The highest BCUT2D eigenvalue weighted by Gasteiger charge is 2.39. The molecule has 0 bridgehead atoms. The second-order valence-electron chi connectivity index (χ2n) is 6.09. The Balaban J connectivity index is 1.64. The number of ether oxygens (including phenoxy) is 1. The van der Waals surface area contributed by atoms with Crippen molar-refractivity contribution in [3.05, 3.63) is 30.1 Å². The lowest BCUT2D eigenvalue weighted by atomic mass is 10.1. The second kappa shape index (κ2) is 6.54. The molecule has 1 amide bonds. The Bertz CT molecular complexity index is 665. The molecule has 2 atom stereocenters. The number of fused-ring (bicyclic) bond motifs is 1. The predicted molar refractivity (Wildman–Crippen MR) is 84.2 cm³/mol. The fraction of sp³-hybridized carbons (Fsp3) is 0.600. The monoisotopic (exact) mass is 339 g/mol. The predicted octanol–water partition coefficient (Wildman–Crippen LogP) is -0.257. The highest BCUT2D eigenvalue weighted by Crippen LogP contribution is 2.25. The van der Waals surface area contributed by atoms with Crippen LogP contribution in [0.5, 0.6) is 0 Å². The number of carbonyl (C=O) groups excluding carboxylic acids is 1. The van der Waals surface area contributed by atoms with Crippen LogP contribution in [0.4, 0.5) is 0 Å². The van der Waals surface area contributed by atoms with E-state index in [9.17, 15) is 13.2 Å². The molecule has 3 heterocycles. The molecule has 0 N–H and O–H groups in total. The summed E-state index contributed by atoms with van der Waals surface area (Å²) < 4.78 is 30.7. The van der Waals surface area contributed by atoms with Crippen LogP contribution in [0.2, 0.25) is 0 Å². The van der Waals surface area contributed by atoms with Gasteiger partial charge in [-0.05, 0) is 12.1 Å². The molecule has 0 aliphatic carbocycles. The van der Waals surface area contributed by atoms with Crippen molar-refractivity contribution >= 4 is 15.9 Å². The summed E-state index contributed by atoms with van der Waals surface area (Å²) in [4.78, 5) is 18.4. The summed E-state index contributed by atoms with van der Waals surface area (Å²) in [6.45, 7) is 2.22. The van der Waals surface area contributed by atoms with Gasteiger partial charge in [-0.2, -0.15) is 4.31 Å². The van der Waals surface area contributed by atoms with E-state index in [1.807, 2.05) is 18.2 Å². The SMILES string of the molecule is CS(=O)(=O)N1CCO[C@H]2CN(C(=O)Cc3ccccn3)C[C@H]2C1. The fourth-order valence-electron chi connectivity index (χ4n) is 3.14. The molecule has 126 valence electrons. The van der Waals surface area contributed by atoms with E-state index in [2.05, 4.69) is 4.98 Å². The van der Waals surface area contributed by atoms with E-state index in [0.717, 1.165) is 5.69 Å². The smallest absolute Gasteiger partial charge is 0.228 e. The van der Waals surface area contributed by atoms with Gasteiger partial charge in [0.05, 0.1) is 25.4 Å². The van der Waals surface area contributed by atoms with E-state index in [-0.39, 0.29) is 24.3 Å². The number of aromatic nitrogens is 1. The number of hydrogen-bond acceptors (Lipinski definition) is 5. The van der Waals surface area contributed by atoms with Crippen molar-refractivity contribution in [3.8, 4) is 0 Å². The van der Waals surface area contributed by atoms with E-state index in [1.54, 1.807) is 11.1 Å². The number of nitrogens with zero attached hydrogens (tertiary/aromatic N) is 3. The molecular weight excluding hydrogens is 318 g/mol. The van der Waals surface area contributed by atoms with Crippen LogP contribution in [0.1, 0.15) is 5.69 Å². The van der Waals surface area contributed by atoms with Gasteiger partial charge in [0.1, 0.15) is 0 Å². The molecule has 0 spiro atoms. The van der Waals surface area contributed by atoms with E-state index in [1.165, 1.54) is 10.6 Å². The van der Waals surface area contributed by atoms with Gasteiger partial charge in [-0.25, -0.2) is 8.42 Å². The molecule has 0 radical (unpaired) electrons. The Morgan fingerprint density at radius 3 is 2.87 bits per heavy atom. The van der Waals surface area contributed by atoms with Gasteiger partial charge in [0.15, 0.2) is 0 Å². The zero-order chi connectivity index (χ0) is 16.4. The van der Waals surface area contributed by atoms with E-state index in [0.29, 0.717) is 32.8 Å². The third kappa shape index (κ3) is 3.88.